The van der Waals surface area contributed by atoms with E-state index in [2.05, 4.69) is 10.1 Å². The van der Waals surface area contributed by atoms with Crippen molar-refractivity contribution in [3.8, 4) is 0 Å². The normalized spacial score (nSPS) is 38.2. The second-order valence-electron chi connectivity index (χ2n) is 4.04. The molecule has 3 atom stereocenters. The van der Waals surface area contributed by atoms with Crippen molar-refractivity contribution < 1.29 is 0 Å². The Hall–Kier alpha value is -0.860. The van der Waals surface area contributed by atoms with E-state index in [0.717, 1.165) is 24.3 Å². The molecule has 64 valence electrons. The molecule has 0 spiro atoms. The van der Waals surface area contributed by atoms with Crippen molar-refractivity contribution in [1.82, 2.24) is 14.8 Å². The van der Waals surface area contributed by atoms with Crippen LogP contribution in [0.15, 0.2) is 12.7 Å². The summed E-state index contributed by atoms with van der Waals surface area (Å²) >= 11 is 0. The molecule has 0 aromatic carbocycles. The molecule has 2 fully saturated rings. The van der Waals surface area contributed by atoms with E-state index in [1.54, 1.807) is 6.33 Å². The molecule has 3 rings (SSSR count). The second-order valence-corrected chi connectivity index (χ2v) is 4.04. The summed E-state index contributed by atoms with van der Waals surface area (Å²) in [6.45, 7) is 1.11. The maximum absolute atomic E-state index is 4.13. The molecule has 2 saturated carbocycles. The van der Waals surface area contributed by atoms with Gasteiger partial charge in [-0.05, 0) is 30.6 Å². The van der Waals surface area contributed by atoms with E-state index in [0.29, 0.717) is 0 Å². The first-order chi connectivity index (χ1) is 5.95. The lowest BCUT2D eigenvalue weighted by Crippen LogP contribution is -2.03. The molecule has 2 aliphatic carbocycles. The molecule has 1 unspecified atom stereocenters. The van der Waals surface area contributed by atoms with Crippen molar-refractivity contribution in [2.45, 2.75) is 25.8 Å². The molecule has 0 bridgehead atoms. The molecule has 0 aliphatic heterocycles. The SMILES string of the molecule is c1ncn(CC2[C@H]3CCC[C@@H]23)n1. The number of rotatable bonds is 2. The van der Waals surface area contributed by atoms with Crippen molar-refractivity contribution in [3.05, 3.63) is 12.7 Å². The minimum atomic E-state index is 0.931. The summed E-state index contributed by atoms with van der Waals surface area (Å²) in [5, 5.41) is 4.13. The maximum Gasteiger partial charge on any atom is 0.137 e. The summed E-state index contributed by atoms with van der Waals surface area (Å²) in [5.74, 6) is 3.00. The van der Waals surface area contributed by atoms with Gasteiger partial charge in [-0.3, -0.25) is 4.68 Å². The third kappa shape index (κ3) is 0.886. The first kappa shape index (κ1) is 6.63. The van der Waals surface area contributed by atoms with Crippen molar-refractivity contribution in [2.24, 2.45) is 17.8 Å². The molecule has 0 amide bonds. The van der Waals surface area contributed by atoms with Gasteiger partial charge in [0.2, 0.25) is 0 Å². The van der Waals surface area contributed by atoms with E-state index in [4.69, 9.17) is 0 Å². The molecule has 1 heterocycles. The highest BCUT2D eigenvalue weighted by Crippen LogP contribution is 2.57. The Morgan fingerprint density at radius 1 is 1.33 bits per heavy atom. The minimum absolute atomic E-state index is 0.931. The van der Waals surface area contributed by atoms with Gasteiger partial charge in [-0.1, -0.05) is 6.42 Å². The number of nitrogens with zero attached hydrogens (tertiary/aromatic N) is 3. The molecule has 3 heteroatoms. The summed E-state index contributed by atoms with van der Waals surface area (Å²) in [6, 6.07) is 0. The Balaban J connectivity index is 1.65. The lowest BCUT2D eigenvalue weighted by Gasteiger charge is -2.01. The van der Waals surface area contributed by atoms with Gasteiger partial charge in [0.05, 0.1) is 0 Å². The van der Waals surface area contributed by atoms with Gasteiger partial charge in [0, 0.05) is 6.54 Å². The molecule has 1 aromatic heterocycles. The monoisotopic (exact) mass is 163 g/mol. The van der Waals surface area contributed by atoms with Crippen LogP contribution < -0.4 is 0 Å². The van der Waals surface area contributed by atoms with Crippen LogP contribution in [0.4, 0.5) is 0 Å². The lowest BCUT2D eigenvalue weighted by atomic mass is 10.1. The predicted octanol–water partition coefficient (Wildman–Crippen LogP) is 1.32. The molecular weight excluding hydrogens is 150 g/mol. The zero-order valence-electron chi connectivity index (χ0n) is 7.06. The summed E-state index contributed by atoms with van der Waals surface area (Å²) in [4.78, 5) is 3.95. The van der Waals surface area contributed by atoms with Crippen LogP contribution in [0.3, 0.4) is 0 Å². The summed E-state index contributed by atoms with van der Waals surface area (Å²) in [5.41, 5.74) is 0. The van der Waals surface area contributed by atoms with Crippen LogP contribution in [0.2, 0.25) is 0 Å². The number of hydrogen-bond donors (Lipinski definition) is 0. The minimum Gasteiger partial charge on any atom is -0.253 e. The van der Waals surface area contributed by atoms with E-state index >= 15 is 0 Å². The van der Waals surface area contributed by atoms with E-state index in [9.17, 15) is 0 Å². The Morgan fingerprint density at radius 3 is 2.83 bits per heavy atom. The van der Waals surface area contributed by atoms with Crippen LogP contribution in [0, 0.1) is 17.8 Å². The fourth-order valence-corrected chi connectivity index (χ4v) is 2.78. The average Bonchev–Trinajstić information content (AvgIpc) is 2.59. The van der Waals surface area contributed by atoms with Gasteiger partial charge in [-0.2, -0.15) is 5.10 Å². The Kier molecular flexibility index (Phi) is 1.28. The summed E-state index contributed by atoms with van der Waals surface area (Å²) in [7, 11) is 0. The highest BCUT2D eigenvalue weighted by atomic mass is 15.3. The number of hydrogen-bond acceptors (Lipinski definition) is 2. The smallest absolute Gasteiger partial charge is 0.137 e. The van der Waals surface area contributed by atoms with Crippen LogP contribution >= 0.6 is 0 Å². The zero-order chi connectivity index (χ0) is 7.97. The molecule has 12 heavy (non-hydrogen) atoms. The standard InChI is InChI=1S/C9H13N3/c1-2-7-8(3-1)9(7)4-12-6-10-5-11-12/h5-9H,1-4H2/t7-,8+,9?. The van der Waals surface area contributed by atoms with Crippen LogP contribution in [-0.2, 0) is 6.54 Å². The van der Waals surface area contributed by atoms with Crippen molar-refractivity contribution in [3.63, 3.8) is 0 Å². The highest BCUT2D eigenvalue weighted by molar-refractivity contribution is 5.00. The first-order valence-electron chi connectivity index (χ1n) is 4.77. The zero-order valence-corrected chi connectivity index (χ0v) is 7.06. The average molecular weight is 163 g/mol. The summed E-state index contributed by atoms with van der Waals surface area (Å²) in [6.07, 6.45) is 7.84. The second kappa shape index (κ2) is 2.31. The molecule has 0 N–H and O–H groups in total. The predicted molar refractivity (Wildman–Crippen MR) is 44.3 cm³/mol. The van der Waals surface area contributed by atoms with Gasteiger partial charge < -0.3 is 0 Å². The van der Waals surface area contributed by atoms with Gasteiger partial charge in [0.15, 0.2) is 0 Å². The van der Waals surface area contributed by atoms with Crippen LogP contribution in [-0.4, -0.2) is 14.8 Å². The van der Waals surface area contributed by atoms with Crippen LogP contribution in [0.1, 0.15) is 19.3 Å². The van der Waals surface area contributed by atoms with E-state index < -0.39 is 0 Å². The topological polar surface area (TPSA) is 30.7 Å². The molecule has 1 aromatic rings. The van der Waals surface area contributed by atoms with Crippen molar-refractivity contribution in [2.75, 3.05) is 0 Å². The Morgan fingerprint density at radius 2 is 2.17 bits per heavy atom. The van der Waals surface area contributed by atoms with Gasteiger partial charge in [-0.15, -0.1) is 0 Å². The maximum atomic E-state index is 4.13. The Labute approximate surface area is 71.8 Å². The van der Waals surface area contributed by atoms with Gasteiger partial charge in [-0.25, -0.2) is 4.98 Å². The fraction of sp³-hybridized carbons (Fsp3) is 0.778. The highest BCUT2D eigenvalue weighted by Gasteiger charge is 2.52. The van der Waals surface area contributed by atoms with Crippen LogP contribution in [0.25, 0.3) is 0 Å². The van der Waals surface area contributed by atoms with Crippen molar-refractivity contribution in [1.29, 1.82) is 0 Å². The number of fused-ring (bicyclic) bond motifs is 1. The molecule has 2 aliphatic rings. The van der Waals surface area contributed by atoms with Crippen molar-refractivity contribution >= 4 is 0 Å². The lowest BCUT2D eigenvalue weighted by molar-refractivity contribution is 0.477. The van der Waals surface area contributed by atoms with Gasteiger partial charge >= 0.3 is 0 Å². The third-order valence-electron chi connectivity index (χ3n) is 3.45. The van der Waals surface area contributed by atoms with Crippen LogP contribution in [0.5, 0.6) is 0 Å². The molecule has 0 radical (unpaired) electrons. The fourth-order valence-electron chi connectivity index (χ4n) is 2.78. The third-order valence-corrected chi connectivity index (χ3v) is 3.45. The Bertz CT molecular complexity index is 257. The largest absolute Gasteiger partial charge is 0.253 e. The van der Waals surface area contributed by atoms with E-state index in [1.165, 1.54) is 19.3 Å². The first-order valence-corrected chi connectivity index (χ1v) is 4.77. The van der Waals surface area contributed by atoms with Gasteiger partial charge in [0.1, 0.15) is 12.7 Å². The molecular formula is C9H13N3. The summed E-state index contributed by atoms with van der Waals surface area (Å²) < 4.78 is 1.98. The van der Waals surface area contributed by atoms with Gasteiger partial charge in [0.25, 0.3) is 0 Å². The molecule has 3 nitrogen and oxygen atoms in total. The number of aromatic nitrogens is 3. The van der Waals surface area contributed by atoms with E-state index in [-0.39, 0.29) is 0 Å². The quantitative estimate of drug-likeness (QED) is 0.658. The molecule has 0 saturated heterocycles. The van der Waals surface area contributed by atoms with E-state index in [1.807, 2.05) is 11.0 Å².